The smallest absolute Gasteiger partial charge is 0.273 e. The number of carbonyl (C=O) groups excluding carboxylic acids is 2. The van der Waals surface area contributed by atoms with Gasteiger partial charge in [-0.1, -0.05) is 11.6 Å². The third kappa shape index (κ3) is 3.87. The summed E-state index contributed by atoms with van der Waals surface area (Å²) >= 11 is 5.86. The first-order valence-electron chi connectivity index (χ1n) is 10.6. The molecule has 1 amide bonds. The number of hydrogen-bond acceptors (Lipinski definition) is 6. The summed E-state index contributed by atoms with van der Waals surface area (Å²) in [5, 5.41) is 3.06. The van der Waals surface area contributed by atoms with Gasteiger partial charge in [0.1, 0.15) is 24.0 Å². The van der Waals surface area contributed by atoms with Gasteiger partial charge in [0.15, 0.2) is 0 Å². The first-order valence-corrected chi connectivity index (χ1v) is 11.0. The maximum atomic E-state index is 14.2. The van der Waals surface area contributed by atoms with E-state index in [0.717, 1.165) is 24.1 Å². The molecule has 2 aliphatic heterocycles. The Balaban J connectivity index is 1.72. The van der Waals surface area contributed by atoms with Gasteiger partial charge in [-0.25, -0.2) is 9.37 Å². The van der Waals surface area contributed by atoms with Crippen molar-refractivity contribution in [1.29, 1.82) is 0 Å². The largest absolute Gasteiger partial charge is 0.357 e. The fourth-order valence-electron chi connectivity index (χ4n) is 4.30. The van der Waals surface area contributed by atoms with Gasteiger partial charge < -0.3 is 24.6 Å². The highest BCUT2D eigenvalue weighted by Crippen LogP contribution is 2.49. The van der Waals surface area contributed by atoms with Gasteiger partial charge in [0.2, 0.25) is 0 Å². The number of aromatic nitrogens is 1. The predicted molar refractivity (Wildman–Crippen MR) is 120 cm³/mol. The summed E-state index contributed by atoms with van der Waals surface area (Å²) in [6.07, 6.45) is 1.19. The van der Waals surface area contributed by atoms with Crippen molar-refractivity contribution in [2.24, 2.45) is 0 Å². The van der Waals surface area contributed by atoms with E-state index in [1.54, 1.807) is 33.0 Å². The SMILES string of the molecule is CNCCN(C(=O)c1ccc2c(n1)[C@@H]1CCO[C@@H]1N2c1ccc(Cl)c(F)c1)C(C)(C)C=O. The molecule has 1 aromatic heterocycles. The van der Waals surface area contributed by atoms with Crippen molar-refractivity contribution < 1.29 is 18.7 Å². The fraction of sp³-hybridized carbons (Fsp3) is 0.435. The van der Waals surface area contributed by atoms with Crippen LogP contribution in [0.3, 0.4) is 0 Å². The van der Waals surface area contributed by atoms with Crippen LogP contribution in [0.25, 0.3) is 0 Å². The number of amides is 1. The number of pyridine rings is 1. The number of halogens is 2. The highest BCUT2D eigenvalue weighted by atomic mass is 35.5. The molecule has 1 aromatic carbocycles. The normalized spacial score (nSPS) is 19.6. The van der Waals surface area contributed by atoms with Crippen LogP contribution in [0.15, 0.2) is 30.3 Å². The van der Waals surface area contributed by atoms with E-state index >= 15 is 0 Å². The lowest BCUT2D eigenvalue weighted by Gasteiger charge is -2.34. The first kappa shape index (κ1) is 22.6. The van der Waals surface area contributed by atoms with E-state index in [-0.39, 0.29) is 28.8 Å². The molecule has 0 unspecified atom stereocenters. The molecule has 0 aliphatic carbocycles. The monoisotopic (exact) mass is 460 g/mol. The van der Waals surface area contributed by atoms with E-state index in [2.05, 4.69) is 5.32 Å². The van der Waals surface area contributed by atoms with Crippen molar-refractivity contribution in [2.75, 3.05) is 31.6 Å². The van der Waals surface area contributed by atoms with Crippen LogP contribution in [0.5, 0.6) is 0 Å². The number of benzene rings is 1. The predicted octanol–water partition coefficient (Wildman–Crippen LogP) is 3.49. The number of nitrogens with one attached hydrogen (secondary N) is 1. The number of carbonyl (C=O) groups is 2. The van der Waals surface area contributed by atoms with Gasteiger partial charge >= 0.3 is 0 Å². The van der Waals surface area contributed by atoms with Crippen LogP contribution in [0.4, 0.5) is 15.8 Å². The summed E-state index contributed by atoms with van der Waals surface area (Å²) in [6, 6.07) is 8.09. The zero-order chi connectivity index (χ0) is 23.0. The Bertz CT molecular complexity index is 1050. The Morgan fingerprint density at radius 1 is 1.41 bits per heavy atom. The van der Waals surface area contributed by atoms with Crippen molar-refractivity contribution in [3.05, 3.63) is 52.6 Å². The molecule has 4 rings (SSSR count). The molecule has 2 aromatic rings. The lowest BCUT2D eigenvalue weighted by atomic mass is 10.0. The molecule has 1 saturated heterocycles. The molecule has 32 heavy (non-hydrogen) atoms. The number of ether oxygens (including phenoxy) is 1. The third-order valence-electron chi connectivity index (χ3n) is 6.04. The number of nitrogens with zero attached hydrogens (tertiary/aromatic N) is 3. The zero-order valence-corrected chi connectivity index (χ0v) is 19.0. The number of fused-ring (bicyclic) bond motifs is 3. The van der Waals surface area contributed by atoms with Gasteiger partial charge in [-0.05, 0) is 57.6 Å². The summed E-state index contributed by atoms with van der Waals surface area (Å²) in [6.45, 7) is 4.87. The Hall–Kier alpha value is -2.55. The molecule has 2 aliphatic rings. The van der Waals surface area contributed by atoms with E-state index in [4.69, 9.17) is 21.3 Å². The molecule has 0 bridgehead atoms. The van der Waals surface area contributed by atoms with Crippen molar-refractivity contribution in [1.82, 2.24) is 15.2 Å². The second-order valence-corrected chi connectivity index (χ2v) is 8.96. The molecule has 0 radical (unpaired) electrons. The summed E-state index contributed by atoms with van der Waals surface area (Å²) in [5.74, 6) is -0.865. The Kier molecular flexibility index (Phi) is 6.20. The van der Waals surface area contributed by atoms with Crippen LogP contribution >= 0.6 is 11.6 Å². The van der Waals surface area contributed by atoms with E-state index in [1.165, 1.54) is 17.0 Å². The molecule has 170 valence electrons. The maximum absolute atomic E-state index is 14.2. The van der Waals surface area contributed by atoms with Crippen LogP contribution in [0, 0.1) is 5.82 Å². The number of aldehydes is 1. The lowest BCUT2D eigenvalue weighted by Crippen LogP contribution is -2.51. The number of anilines is 2. The molecule has 0 spiro atoms. The van der Waals surface area contributed by atoms with Crippen molar-refractivity contribution in [3.63, 3.8) is 0 Å². The van der Waals surface area contributed by atoms with E-state index in [1.807, 2.05) is 11.0 Å². The topological polar surface area (TPSA) is 74.8 Å². The summed E-state index contributed by atoms with van der Waals surface area (Å²) in [5.41, 5.74) is 1.42. The standard InChI is InChI=1S/C23H26ClFN4O3/c1-23(2,13-30)28(10-9-26-3)21(31)18-6-7-19-20(27-18)15-8-11-32-22(15)29(19)14-4-5-16(24)17(25)12-14/h4-7,12-13,15,22,26H,8-11H2,1-3H3/t15-,22-/m0/s1. The van der Waals surface area contributed by atoms with Crippen molar-refractivity contribution in [2.45, 2.75) is 38.0 Å². The molecule has 1 fully saturated rings. The zero-order valence-electron chi connectivity index (χ0n) is 18.3. The molecule has 3 heterocycles. The molecule has 0 saturated carbocycles. The third-order valence-corrected chi connectivity index (χ3v) is 6.35. The van der Waals surface area contributed by atoms with Gasteiger partial charge in [0, 0.05) is 18.8 Å². The molecule has 1 N–H and O–H groups in total. The summed E-state index contributed by atoms with van der Waals surface area (Å²) in [4.78, 5) is 33.2. The van der Waals surface area contributed by atoms with Gasteiger partial charge in [0.25, 0.3) is 5.91 Å². The van der Waals surface area contributed by atoms with Gasteiger partial charge in [-0.3, -0.25) is 4.79 Å². The minimum absolute atomic E-state index is 0.0404. The Morgan fingerprint density at radius 3 is 2.88 bits per heavy atom. The van der Waals surface area contributed by atoms with E-state index in [0.29, 0.717) is 25.4 Å². The first-order chi connectivity index (χ1) is 15.3. The number of hydrogen-bond donors (Lipinski definition) is 1. The minimum Gasteiger partial charge on any atom is -0.357 e. The molecule has 2 atom stereocenters. The van der Waals surface area contributed by atoms with Crippen LogP contribution < -0.4 is 10.2 Å². The van der Waals surface area contributed by atoms with E-state index in [9.17, 15) is 14.0 Å². The fourth-order valence-corrected chi connectivity index (χ4v) is 4.42. The second-order valence-electron chi connectivity index (χ2n) is 8.56. The van der Waals surface area contributed by atoms with Gasteiger partial charge in [-0.15, -0.1) is 0 Å². The quantitative estimate of drug-likeness (QED) is 0.637. The lowest BCUT2D eigenvalue weighted by molar-refractivity contribution is -0.115. The maximum Gasteiger partial charge on any atom is 0.273 e. The summed E-state index contributed by atoms with van der Waals surface area (Å²) < 4.78 is 20.1. The molecule has 9 heteroatoms. The van der Waals surface area contributed by atoms with Crippen LogP contribution in [-0.4, -0.2) is 60.6 Å². The average Bonchev–Trinajstić information content (AvgIpc) is 3.36. The Labute approximate surface area is 191 Å². The van der Waals surface area contributed by atoms with Gasteiger partial charge in [-0.2, -0.15) is 0 Å². The Morgan fingerprint density at radius 2 is 2.19 bits per heavy atom. The van der Waals surface area contributed by atoms with Crippen LogP contribution in [-0.2, 0) is 9.53 Å². The number of likely N-dealkylation sites (N-methyl/N-ethyl adjacent to an activating group) is 1. The molecule has 7 nitrogen and oxygen atoms in total. The van der Waals surface area contributed by atoms with Crippen molar-refractivity contribution in [3.8, 4) is 0 Å². The van der Waals surface area contributed by atoms with Crippen LogP contribution in [0.1, 0.15) is 42.4 Å². The summed E-state index contributed by atoms with van der Waals surface area (Å²) in [7, 11) is 1.79. The second kappa shape index (κ2) is 8.77. The molecular formula is C23H26ClFN4O3. The van der Waals surface area contributed by atoms with Crippen molar-refractivity contribution >= 4 is 35.2 Å². The minimum atomic E-state index is -0.972. The van der Waals surface area contributed by atoms with E-state index < -0.39 is 11.4 Å². The highest BCUT2D eigenvalue weighted by Gasteiger charge is 2.45. The van der Waals surface area contributed by atoms with Crippen LogP contribution in [0.2, 0.25) is 5.02 Å². The highest BCUT2D eigenvalue weighted by molar-refractivity contribution is 6.30. The molecular weight excluding hydrogens is 435 g/mol. The number of rotatable bonds is 7. The van der Waals surface area contributed by atoms with Gasteiger partial charge in [0.05, 0.1) is 34.5 Å². The average molecular weight is 461 g/mol.